The van der Waals surface area contributed by atoms with Gasteiger partial charge in [0.15, 0.2) is 0 Å². The number of hydrogen-bond acceptors (Lipinski definition) is 4. The molecule has 1 aliphatic heterocycles. The third kappa shape index (κ3) is 3.41. The number of imide groups is 1. The molecule has 2 N–H and O–H groups in total. The summed E-state index contributed by atoms with van der Waals surface area (Å²) in [6.07, 6.45) is 1.62. The van der Waals surface area contributed by atoms with E-state index in [1.807, 2.05) is 6.92 Å². The second-order valence-electron chi connectivity index (χ2n) is 6.00. The Bertz CT molecular complexity index is 846. The Morgan fingerprint density at radius 1 is 1.35 bits per heavy atom. The number of aromatic nitrogens is 2. The van der Waals surface area contributed by atoms with Crippen LogP contribution in [0.15, 0.2) is 30.5 Å². The summed E-state index contributed by atoms with van der Waals surface area (Å²) in [5, 5.41) is 9.40. The number of halogens is 1. The number of nitrogens with one attached hydrogen (secondary N) is 2. The normalized spacial score (nSPS) is 15.1. The maximum atomic E-state index is 13.1. The Kier molecular flexibility index (Phi) is 4.70. The number of urea groups is 1. The van der Waals surface area contributed by atoms with E-state index in [0.29, 0.717) is 5.69 Å². The lowest BCUT2D eigenvalue weighted by molar-refractivity contribution is -0.130. The van der Waals surface area contributed by atoms with Gasteiger partial charge in [0.05, 0.1) is 24.5 Å². The lowest BCUT2D eigenvalue weighted by Crippen LogP contribution is -2.41. The lowest BCUT2D eigenvalue weighted by Gasteiger charge is -2.17. The van der Waals surface area contributed by atoms with Crippen molar-refractivity contribution in [3.63, 3.8) is 0 Å². The summed E-state index contributed by atoms with van der Waals surface area (Å²) in [5.74, 6) is -1.21. The number of rotatable bonds is 5. The van der Waals surface area contributed by atoms with Gasteiger partial charge in [-0.2, -0.15) is 5.10 Å². The quantitative estimate of drug-likeness (QED) is 0.780. The number of hydrogen-bond donors (Lipinski definition) is 2. The van der Waals surface area contributed by atoms with Crippen LogP contribution in [0.5, 0.6) is 0 Å². The van der Waals surface area contributed by atoms with Crippen LogP contribution in [0.2, 0.25) is 0 Å². The van der Waals surface area contributed by atoms with Gasteiger partial charge in [0.25, 0.3) is 5.91 Å². The van der Waals surface area contributed by atoms with E-state index < -0.39 is 17.8 Å². The first kappa shape index (κ1) is 17.6. The van der Waals surface area contributed by atoms with Gasteiger partial charge in [-0.25, -0.2) is 13.9 Å². The van der Waals surface area contributed by atoms with Crippen molar-refractivity contribution in [3.8, 4) is 5.69 Å². The van der Waals surface area contributed by atoms with Gasteiger partial charge in [-0.05, 0) is 38.1 Å². The zero-order valence-electron chi connectivity index (χ0n) is 14.3. The Labute approximate surface area is 149 Å². The van der Waals surface area contributed by atoms with Crippen molar-refractivity contribution in [2.75, 3.05) is 13.1 Å². The summed E-state index contributed by atoms with van der Waals surface area (Å²) in [6.45, 7) is 3.19. The Morgan fingerprint density at radius 2 is 2.04 bits per heavy atom. The van der Waals surface area contributed by atoms with Crippen LogP contribution in [0.4, 0.5) is 9.18 Å². The summed E-state index contributed by atoms with van der Waals surface area (Å²) in [6, 6.07) is 4.97. The van der Waals surface area contributed by atoms with Gasteiger partial charge in [-0.3, -0.25) is 14.5 Å². The number of nitrogens with zero attached hydrogens (tertiary/aromatic N) is 3. The highest BCUT2D eigenvalue weighted by Gasteiger charge is 2.30. The molecule has 3 rings (SSSR count). The average molecular weight is 359 g/mol. The molecule has 2 heterocycles. The fourth-order valence-corrected chi connectivity index (χ4v) is 2.81. The predicted molar refractivity (Wildman–Crippen MR) is 89.9 cm³/mol. The van der Waals surface area contributed by atoms with Crippen molar-refractivity contribution in [1.29, 1.82) is 0 Å². The molecule has 0 radical (unpaired) electrons. The lowest BCUT2D eigenvalue weighted by atomic mass is 10.1. The van der Waals surface area contributed by atoms with E-state index in [1.54, 1.807) is 29.9 Å². The maximum Gasteiger partial charge on any atom is 0.325 e. The maximum absolute atomic E-state index is 13.1. The molecule has 1 fully saturated rings. The molecule has 1 atom stereocenters. The average Bonchev–Trinajstić information content (AvgIpc) is 3.13. The molecule has 1 aromatic heterocycles. The third-order valence-electron chi connectivity index (χ3n) is 4.20. The number of amides is 4. The molecule has 1 aliphatic rings. The highest BCUT2D eigenvalue weighted by molar-refractivity contribution is 6.04. The van der Waals surface area contributed by atoms with Crippen LogP contribution in [0.1, 0.15) is 24.2 Å². The van der Waals surface area contributed by atoms with E-state index in [0.717, 1.165) is 16.2 Å². The van der Waals surface area contributed by atoms with Gasteiger partial charge in [0.1, 0.15) is 12.4 Å². The summed E-state index contributed by atoms with van der Waals surface area (Å²) in [4.78, 5) is 36.0. The molecular weight excluding hydrogens is 341 g/mol. The predicted octanol–water partition coefficient (Wildman–Crippen LogP) is 1.05. The zero-order valence-corrected chi connectivity index (χ0v) is 14.3. The van der Waals surface area contributed by atoms with Gasteiger partial charge in [0.2, 0.25) is 5.91 Å². The smallest absolute Gasteiger partial charge is 0.325 e. The van der Waals surface area contributed by atoms with Crippen LogP contribution in [0, 0.1) is 12.7 Å². The minimum atomic E-state index is -0.571. The summed E-state index contributed by atoms with van der Waals surface area (Å²) >= 11 is 0. The highest BCUT2D eigenvalue weighted by Crippen LogP contribution is 2.20. The van der Waals surface area contributed by atoms with Crippen LogP contribution >= 0.6 is 0 Å². The van der Waals surface area contributed by atoms with Crippen molar-refractivity contribution in [1.82, 2.24) is 25.3 Å². The van der Waals surface area contributed by atoms with E-state index in [1.165, 1.54) is 12.1 Å². The molecule has 26 heavy (non-hydrogen) atoms. The Hall–Kier alpha value is -3.23. The molecule has 0 aliphatic carbocycles. The van der Waals surface area contributed by atoms with E-state index >= 15 is 0 Å². The van der Waals surface area contributed by atoms with E-state index in [4.69, 9.17) is 0 Å². The van der Waals surface area contributed by atoms with Crippen molar-refractivity contribution >= 4 is 17.8 Å². The molecule has 4 amide bonds. The second kappa shape index (κ2) is 6.95. The first-order valence-electron chi connectivity index (χ1n) is 8.05. The minimum Gasteiger partial charge on any atom is -0.348 e. The fourth-order valence-electron chi connectivity index (χ4n) is 2.81. The summed E-state index contributed by atoms with van der Waals surface area (Å²) in [7, 11) is 0. The summed E-state index contributed by atoms with van der Waals surface area (Å²) in [5.41, 5.74) is 2.27. The molecule has 1 saturated heterocycles. The van der Waals surface area contributed by atoms with Gasteiger partial charge < -0.3 is 10.6 Å². The number of carbonyl (C=O) groups is 3. The number of benzene rings is 1. The van der Waals surface area contributed by atoms with Gasteiger partial charge >= 0.3 is 6.03 Å². The molecule has 2 aromatic rings. The van der Waals surface area contributed by atoms with E-state index in [2.05, 4.69) is 15.7 Å². The second-order valence-corrected chi connectivity index (χ2v) is 6.00. The minimum absolute atomic E-state index is 0.0920. The zero-order chi connectivity index (χ0) is 18.8. The topological polar surface area (TPSA) is 96.3 Å². The van der Waals surface area contributed by atoms with Crippen LogP contribution in [-0.2, 0) is 9.59 Å². The molecular formula is C17H18FN5O3. The highest BCUT2D eigenvalue weighted by atomic mass is 19.1. The number of carbonyl (C=O) groups excluding carboxylic acids is 3. The molecule has 0 bridgehead atoms. The van der Waals surface area contributed by atoms with Crippen molar-refractivity contribution in [2.45, 2.75) is 19.9 Å². The van der Waals surface area contributed by atoms with E-state index in [9.17, 15) is 18.8 Å². The standard InChI is InChI=1S/C17H18FN5O3/c1-10(21-15(24)9-22-16(25)8-19-17(22)26)14-7-20-23(11(14)2)13-5-3-12(18)4-6-13/h3-7,10H,8-9H2,1-2H3,(H,19,26)(H,21,24). The van der Waals surface area contributed by atoms with Crippen LogP contribution in [-0.4, -0.2) is 45.6 Å². The molecule has 0 saturated carbocycles. The first-order valence-corrected chi connectivity index (χ1v) is 8.05. The van der Waals surface area contributed by atoms with Gasteiger partial charge in [0, 0.05) is 11.3 Å². The van der Waals surface area contributed by atoms with Crippen LogP contribution in [0.3, 0.4) is 0 Å². The Balaban J connectivity index is 1.69. The Morgan fingerprint density at radius 3 is 2.65 bits per heavy atom. The van der Waals surface area contributed by atoms with Crippen molar-refractivity contribution in [3.05, 3.63) is 47.5 Å². The van der Waals surface area contributed by atoms with E-state index in [-0.39, 0.29) is 24.9 Å². The summed E-state index contributed by atoms with van der Waals surface area (Å²) < 4.78 is 14.7. The molecule has 8 nitrogen and oxygen atoms in total. The van der Waals surface area contributed by atoms with Crippen LogP contribution in [0.25, 0.3) is 5.69 Å². The van der Waals surface area contributed by atoms with Crippen LogP contribution < -0.4 is 10.6 Å². The van der Waals surface area contributed by atoms with Crippen molar-refractivity contribution < 1.29 is 18.8 Å². The third-order valence-corrected chi connectivity index (χ3v) is 4.20. The monoisotopic (exact) mass is 359 g/mol. The molecule has 136 valence electrons. The van der Waals surface area contributed by atoms with Crippen molar-refractivity contribution in [2.24, 2.45) is 0 Å². The van der Waals surface area contributed by atoms with Gasteiger partial charge in [-0.15, -0.1) is 0 Å². The molecule has 1 unspecified atom stereocenters. The molecule has 0 spiro atoms. The molecule has 9 heteroatoms. The van der Waals surface area contributed by atoms with Gasteiger partial charge in [-0.1, -0.05) is 0 Å². The first-order chi connectivity index (χ1) is 12.4. The largest absolute Gasteiger partial charge is 0.348 e. The fraction of sp³-hybridized carbons (Fsp3) is 0.294. The molecule has 1 aromatic carbocycles. The SMILES string of the molecule is Cc1c(C(C)NC(=O)CN2C(=O)CNC2=O)cnn1-c1ccc(F)cc1.